The van der Waals surface area contributed by atoms with Crippen molar-refractivity contribution in [1.82, 2.24) is 9.55 Å². The van der Waals surface area contributed by atoms with Gasteiger partial charge in [-0.05, 0) is 36.3 Å². The van der Waals surface area contributed by atoms with Gasteiger partial charge in [0.05, 0.1) is 5.69 Å². The summed E-state index contributed by atoms with van der Waals surface area (Å²) in [7, 11) is 0. The van der Waals surface area contributed by atoms with E-state index in [1.54, 1.807) is 16.7 Å². The number of halogens is 2. The van der Waals surface area contributed by atoms with Crippen molar-refractivity contribution in [2.75, 3.05) is 0 Å². The van der Waals surface area contributed by atoms with E-state index in [2.05, 4.69) is 20.9 Å². The molecule has 0 fully saturated rings. The van der Waals surface area contributed by atoms with E-state index in [0.717, 1.165) is 5.69 Å². The molecule has 0 saturated heterocycles. The number of imidazole rings is 1. The van der Waals surface area contributed by atoms with Crippen LogP contribution in [0.1, 0.15) is 25.5 Å². The monoisotopic (exact) mass is 314 g/mol. The number of H-pyrrole nitrogens is 1. The van der Waals surface area contributed by atoms with Gasteiger partial charge in [0.1, 0.15) is 5.82 Å². The fourth-order valence-electron chi connectivity index (χ4n) is 1.72. The van der Waals surface area contributed by atoms with E-state index in [4.69, 9.17) is 12.2 Å². The molecule has 2 nitrogen and oxygen atoms in total. The van der Waals surface area contributed by atoms with Crippen LogP contribution < -0.4 is 0 Å². The quantitative estimate of drug-likeness (QED) is 0.806. The topological polar surface area (TPSA) is 20.7 Å². The van der Waals surface area contributed by atoms with E-state index in [1.807, 2.05) is 20.0 Å². The summed E-state index contributed by atoms with van der Waals surface area (Å²) in [6, 6.07) is 4.96. The maximum Gasteiger partial charge on any atom is 0.182 e. The molecule has 1 aromatic carbocycles. The van der Waals surface area contributed by atoms with Crippen LogP contribution in [-0.2, 0) is 0 Å². The van der Waals surface area contributed by atoms with Gasteiger partial charge in [0, 0.05) is 16.4 Å². The van der Waals surface area contributed by atoms with Crippen molar-refractivity contribution >= 4 is 28.1 Å². The number of aromatic amines is 1. The average Bonchev–Trinajstić information content (AvgIpc) is 2.60. The van der Waals surface area contributed by atoms with Gasteiger partial charge in [-0.25, -0.2) is 4.39 Å². The molecule has 90 valence electrons. The van der Waals surface area contributed by atoms with Gasteiger partial charge in [-0.3, -0.25) is 4.57 Å². The highest BCUT2D eigenvalue weighted by Crippen LogP contribution is 2.24. The SMILES string of the molecule is CC(C)c1c[nH]c(=S)n1-c1ccc(Br)cc1F. The molecule has 2 rings (SSSR count). The maximum absolute atomic E-state index is 13.9. The summed E-state index contributed by atoms with van der Waals surface area (Å²) >= 11 is 8.44. The second kappa shape index (κ2) is 4.74. The van der Waals surface area contributed by atoms with E-state index in [9.17, 15) is 4.39 Å². The number of aromatic nitrogens is 2. The Bertz CT molecular complexity index is 601. The highest BCUT2D eigenvalue weighted by atomic mass is 79.9. The number of hydrogen-bond acceptors (Lipinski definition) is 1. The molecule has 5 heteroatoms. The minimum Gasteiger partial charge on any atom is -0.337 e. The van der Waals surface area contributed by atoms with Crippen LogP contribution in [0.4, 0.5) is 4.39 Å². The first-order valence-electron chi connectivity index (χ1n) is 5.26. The number of nitrogens with one attached hydrogen (secondary N) is 1. The molecule has 0 atom stereocenters. The highest BCUT2D eigenvalue weighted by Gasteiger charge is 2.13. The molecule has 0 bridgehead atoms. The van der Waals surface area contributed by atoms with E-state index in [0.29, 0.717) is 14.9 Å². The largest absolute Gasteiger partial charge is 0.337 e. The standard InChI is InChI=1S/C12H12BrFN2S/c1-7(2)11-6-15-12(17)16(11)10-4-3-8(13)5-9(10)14/h3-7H,1-2H3,(H,15,17). The summed E-state index contributed by atoms with van der Waals surface area (Å²) < 4.78 is 16.9. The first-order chi connectivity index (χ1) is 8.00. The molecule has 0 aliphatic heterocycles. The molecule has 0 saturated carbocycles. The van der Waals surface area contributed by atoms with Crippen molar-refractivity contribution < 1.29 is 4.39 Å². The van der Waals surface area contributed by atoms with Crippen LogP contribution in [0.15, 0.2) is 28.9 Å². The van der Waals surface area contributed by atoms with Crippen molar-refractivity contribution in [2.45, 2.75) is 19.8 Å². The molecule has 0 aliphatic rings. The van der Waals surface area contributed by atoms with E-state index in [1.165, 1.54) is 6.07 Å². The molecule has 1 aromatic heterocycles. The van der Waals surface area contributed by atoms with Gasteiger partial charge in [-0.2, -0.15) is 0 Å². The van der Waals surface area contributed by atoms with Crippen molar-refractivity contribution in [2.24, 2.45) is 0 Å². The second-order valence-electron chi connectivity index (χ2n) is 4.10. The molecule has 1 N–H and O–H groups in total. The van der Waals surface area contributed by atoms with Crippen molar-refractivity contribution in [3.63, 3.8) is 0 Å². The molecule has 2 aromatic rings. The Labute approximate surface area is 113 Å². The minimum absolute atomic E-state index is 0.269. The smallest absolute Gasteiger partial charge is 0.182 e. The van der Waals surface area contributed by atoms with E-state index >= 15 is 0 Å². The van der Waals surface area contributed by atoms with E-state index < -0.39 is 0 Å². The number of hydrogen-bond donors (Lipinski definition) is 1. The number of rotatable bonds is 2. The predicted molar refractivity (Wildman–Crippen MR) is 72.7 cm³/mol. The van der Waals surface area contributed by atoms with E-state index in [-0.39, 0.29) is 11.7 Å². The summed E-state index contributed by atoms with van der Waals surface area (Å²) in [4.78, 5) is 2.96. The van der Waals surface area contributed by atoms with Crippen LogP contribution in [0.5, 0.6) is 0 Å². The summed E-state index contributed by atoms with van der Waals surface area (Å²) in [5.74, 6) is -0.0250. The van der Waals surface area contributed by atoms with Crippen LogP contribution in [-0.4, -0.2) is 9.55 Å². The molecular formula is C12H12BrFN2S. The Morgan fingerprint density at radius 3 is 2.71 bits per heavy atom. The van der Waals surface area contributed by atoms with Crippen molar-refractivity contribution in [1.29, 1.82) is 0 Å². The number of benzene rings is 1. The van der Waals surface area contributed by atoms with Crippen LogP contribution in [0.3, 0.4) is 0 Å². The number of nitrogens with zero attached hydrogens (tertiary/aromatic N) is 1. The third-order valence-electron chi connectivity index (χ3n) is 2.55. The Morgan fingerprint density at radius 1 is 1.41 bits per heavy atom. The molecule has 0 radical (unpaired) electrons. The lowest BCUT2D eigenvalue weighted by atomic mass is 10.1. The Hall–Kier alpha value is -0.940. The first kappa shape index (κ1) is 12.5. The Morgan fingerprint density at radius 2 is 2.12 bits per heavy atom. The van der Waals surface area contributed by atoms with Gasteiger partial charge in [0.25, 0.3) is 0 Å². The summed E-state index contributed by atoms with van der Waals surface area (Å²) in [6.07, 6.45) is 1.83. The van der Waals surface area contributed by atoms with Gasteiger partial charge in [0.15, 0.2) is 4.77 Å². The summed E-state index contributed by atoms with van der Waals surface area (Å²) in [5.41, 5.74) is 1.44. The fraction of sp³-hybridized carbons (Fsp3) is 0.250. The molecule has 17 heavy (non-hydrogen) atoms. The van der Waals surface area contributed by atoms with Gasteiger partial charge >= 0.3 is 0 Å². The zero-order valence-electron chi connectivity index (χ0n) is 9.50. The Kier molecular flexibility index (Phi) is 3.49. The lowest BCUT2D eigenvalue weighted by Crippen LogP contribution is -2.04. The van der Waals surface area contributed by atoms with Crippen molar-refractivity contribution in [3.8, 4) is 5.69 Å². The van der Waals surface area contributed by atoms with Crippen molar-refractivity contribution in [3.05, 3.63) is 45.2 Å². The third-order valence-corrected chi connectivity index (χ3v) is 3.34. The summed E-state index contributed by atoms with van der Waals surface area (Å²) in [6.45, 7) is 4.09. The lowest BCUT2D eigenvalue weighted by molar-refractivity contribution is 0.611. The maximum atomic E-state index is 13.9. The van der Waals surface area contributed by atoms with Crippen LogP contribution >= 0.6 is 28.1 Å². The normalized spacial score (nSPS) is 11.1. The molecule has 0 unspecified atom stereocenters. The van der Waals surface area contributed by atoms with Gasteiger partial charge in [0.2, 0.25) is 0 Å². The predicted octanol–water partition coefficient (Wildman–Crippen LogP) is 4.56. The zero-order chi connectivity index (χ0) is 12.6. The van der Waals surface area contributed by atoms with Crippen LogP contribution in [0.25, 0.3) is 5.69 Å². The molecular weight excluding hydrogens is 303 g/mol. The minimum atomic E-state index is -0.294. The van der Waals surface area contributed by atoms with Gasteiger partial charge < -0.3 is 4.98 Å². The second-order valence-corrected chi connectivity index (χ2v) is 5.41. The van der Waals surface area contributed by atoms with Crippen LogP contribution in [0, 0.1) is 10.6 Å². The van der Waals surface area contributed by atoms with Gasteiger partial charge in [-0.1, -0.05) is 29.8 Å². The van der Waals surface area contributed by atoms with Gasteiger partial charge in [-0.15, -0.1) is 0 Å². The molecule has 1 heterocycles. The zero-order valence-corrected chi connectivity index (χ0v) is 11.9. The third kappa shape index (κ3) is 2.35. The molecule has 0 spiro atoms. The highest BCUT2D eigenvalue weighted by molar-refractivity contribution is 9.10. The average molecular weight is 315 g/mol. The summed E-state index contributed by atoms with van der Waals surface area (Å²) in [5, 5.41) is 0. The first-order valence-corrected chi connectivity index (χ1v) is 6.46. The molecule has 0 aliphatic carbocycles. The molecule has 0 amide bonds. The fourth-order valence-corrected chi connectivity index (χ4v) is 2.31. The van der Waals surface area contributed by atoms with Crippen LogP contribution in [0.2, 0.25) is 0 Å². The lowest BCUT2D eigenvalue weighted by Gasteiger charge is -2.11. The Balaban J connectivity index is 2.68.